The maximum atomic E-state index is 13.5. The van der Waals surface area contributed by atoms with Gasteiger partial charge in [0.1, 0.15) is 17.9 Å². The van der Waals surface area contributed by atoms with E-state index in [1.807, 2.05) is 0 Å². The molecule has 4 nitrogen and oxygen atoms in total. The summed E-state index contributed by atoms with van der Waals surface area (Å²) < 4.78 is 32.3. The monoisotopic (exact) mass is 267 g/mol. The average molecular weight is 267 g/mol. The molecule has 0 amide bonds. The molecule has 1 aliphatic rings. The first-order chi connectivity index (χ1) is 9.24. The molecule has 0 radical (unpaired) electrons. The molecular weight excluding hydrogens is 252 g/mol. The van der Waals surface area contributed by atoms with E-state index in [2.05, 4.69) is 15.3 Å². The first-order valence-corrected chi connectivity index (χ1v) is 6.39. The van der Waals surface area contributed by atoms with Gasteiger partial charge in [-0.2, -0.15) is 0 Å². The molecule has 0 spiro atoms. The molecule has 0 saturated carbocycles. The number of H-pyrrole nitrogens is 1. The molecule has 1 aromatic heterocycles. The fourth-order valence-electron chi connectivity index (χ4n) is 2.30. The Bertz CT molecular complexity index is 579. The minimum Gasteiger partial charge on any atom is -0.370 e. The van der Waals surface area contributed by atoms with E-state index in [1.54, 1.807) is 0 Å². The molecule has 1 aromatic carbocycles. The van der Waals surface area contributed by atoms with Gasteiger partial charge >= 0.3 is 0 Å². The molecule has 2 aromatic rings. The Balaban J connectivity index is 1.72. The van der Waals surface area contributed by atoms with Gasteiger partial charge in [0.15, 0.2) is 11.6 Å². The highest BCUT2D eigenvalue weighted by Gasteiger charge is 2.15. The molecule has 0 aliphatic carbocycles. The van der Waals surface area contributed by atoms with Crippen molar-refractivity contribution in [1.82, 2.24) is 15.3 Å². The van der Waals surface area contributed by atoms with E-state index >= 15 is 0 Å². The van der Waals surface area contributed by atoms with Gasteiger partial charge in [0.05, 0.1) is 11.6 Å². The number of nitrogens with one attached hydrogen (secondary N) is 2. The van der Waals surface area contributed by atoms with Gasteiger partial charge in [-0.25, -0.2) is 13.8 Å². The lowest BCUT2D eigenvalue weighted by atomic mass is 10.1. The highest BCUT2D eigenvalue weighted by Crippen LogP contribution is 2.19. The fourth-order valence-corrected chi connectivity index (χ4v) is 2.30. The van der Waals surface area contributed by atoms with Crippen molar-refractivity contribution in [2.75, 3.05) is 13.1 Å². The topological polar surface area (TPSA) is 49.9 Å². The Morgan fingerprint density at radius 2 is 2.05 bits per heavy atom. The number of hydrogen-bond donors (Lipinski definition) is 2. The van der Waals surface area contributed by atoms with E-state index in [9.17, 15) is 8.78 Å². The second kappa shape index (κ2) is 5.22. The van der Waals surface area contributed by atoms with Crippen molar-refractivity contribution in [2.24, 2.45) is 0 Å². The van der Waals surface area contributed by atoms with Crippen LogP contribution in [0.25, 0.3) is 11.0 Å². The number of benzene rings is 1. The number of halogens is 2. The lowest BCUT2D eigenvalue weighted by Crippen LogP contribution is -2.32. The van der Waals surface area contributed by atoms with Crippen molar-refractivity contribution in [3.05, 3.63) is 29.6 Å². The number of aromatic amines is 1. The summed E-state index contributed by atoms with van der Waals surface area (Å²) >= 11 is 0. The van der Waals surface area contributed by atoms with Gasteiger partial charge in [0.2, 0.25) is 0 Å². The SMILES string of the molecule is Fc1ccc2[nH]c(COC3CCNCC3)nc2c1F. The molecule has 1 saturated heterocycles. The molecule has 1 fully saturated rings. The van der Waals surface area contributed by atoms with Gasteiger partial charge < -0.3 is 15.0 Å². The maximum absolute atomic E-state index is 13.5. The molecule has 0 atom stereocenters. The fraction of sp³-hybridized carbons (Fsp3) is 0.462. The van der Waals surface area contributed by atoms with Crippen LogP contribution in [0.3, 0.4) is 0 Å². The second-order valence-electron chi connectivity index (χ2n) is 4.70. The number of rotatable bonds is 3. The number of fused-ring (bicyclic) bond motifs is 1. The second-order valence-corrected chi connectivity index (χ2v) is 4.70. The molecule has 0 unspecified atom stereocenters. The third-order valence-corrected chi connectivity index (χ3v) is 3.34. The third-order valence-electron chi connectivity index (χ3n) is 3.34. The van der Waals surface area contributed by atoms with E-state index in [1.165, 1.54) is 6.07 Å². The largest absolute Gasteiger partial charge is 0.370 e. The molecule has 19 heavy (non-hydrogen) atoms. The lowest BCUT2D eigenvalue weighted by molar-refractivity contribution is 0.0182. The number of imidazole rings is 1. The van der Waals surface area contributed by atoms with E-state index < -0.39 is 11.6 Å². The minimum absolute atomic E-state index is 0.0314. The van der Waals surface area contributed by atoms with Crippen LogP contribution >= 0.6 is 0 Å². The molecule has 6 heteroatoms. The Hall–Kier alpha value is -1.53. The molecule has 1 aliphatic heterocycles. The summed E-state index contributed by atoms with van der Waals surface area (Å²) in [5.74, 6) is -1.27. The molecule has 2 heterocycles. The summed E-state index contributed by atoms with van der Waals surface area (Å²) in [7, 11) is 0. The van der Waals surface area contributed by atoms with Crippen molar-refractivity contribution in [3.63, 3.8) is 0 Å². The highest BCUT2D eigenvalue weighted by atomic mass is 19.2. The van der Waals surface area contributed by atoms with Gasteiger partial charge in [0, 0.05) is 0 Å². The van der Waals surface area contributed by atoms with Gasteiger partial charge in [0.25, 0.3) is 0 Å². The maximum Gasteiger partial charge on any atom is 0.186 e. The first kappa shape index (κ1) is 12.5. The van der Waals surface area contributed by atoms with E-state index in [4.69, 9.17) is 4.74 Å². The van der Waals surface area contributed by atoms with Crippen LogP contribution in [0.4, 0.5) is 8.78 Å². The first-order valence-electron chi connectivity index (χ1n) is 6.39. The Morgan fingerprint density at radius 1 is 1.26 bits per heavy atom. The van der Waals surface area contributed by atoms with E-state index in [0.29, 0.717) is 17.9 Å². The predicted molar refractivity (Wildman–Crippen MR) is 66.7 cm³/mol. The highest BCUT2D eigenvalue weighted by molar-refractivity contribution is 5.75. The Labute approximate surface area is 109 Å². The summed E-state index contributed by atoms with van der Waals surface area (Å²) in [4.78, 5) is 6.99. The molecule has 102 valence electrons. The smallest absolute Gasteiger partial charge is 0.186 e. The van der Waals surface area contributed by atoms with Gasteiger partial charge in [-0.15, -0.1) is 0 Å². The van der Waals surface area contributed by atoms with Crippen molar-refractivity contribution in [1.29, 1.82) is 0 Å². The van der Waals surface area contributed by atoms with Gasteiger partial charge in [-0.05, 0) is 38.1 Å². The summed E-state index contributed by atoms with van der Waals surface area (Å²) in [6.07, 6.45) is 2.13. The molecule has 3 rings (SSSR count). The normalized spacial score (nSPS) is 17.2. The van der Waals surface area contributed by atoms with Crippen LogP contribution < -0.4 is 5.32 Å². The molecule has 0 bridgehead atoms. The van der Waals surface area contributed by atoms with Crippen LogP contribution in [-0.4, -0.2) is 29.2 Å². The Kier molecular flexibility index (Phi) is 3.44. The number of nitrogens with zero attached hydrogens (tertiary/aromatic N) is 1. The molecule has 2 N–H and O–H groups in total. The zero-order chi connectivity index (χ0) is 13.2. The van der Waals surface area contributed by atoms with E-state index in [-0.39, 0.29) is 11.6 Å². The predicted octanol–water partition coefficient (Wildman–Crippen LogP) is 2.11. The van der Waals surface area contributed by atoms with Gasteiger partial charge in [-0.3, -0.25) is 0 Å². The van der Waals surface area contributed by atoms with Crippen LogP contribution in [0, 0.1) is 11.6 Å². The molecular formula is C13H15F2N3O. The van der Waals surface area contributed by atoms with Crippen LogP contribution in [0.1, 0.15) is 18.7 Å². The van der Waals surface area contributed by atoms with Crippen LogP contribution in [0.15, 0.2) is 12.1 Å². The summed E-state index contributed by atoms with van der Waals surface area (Å²) in [5.41, 5.74) is 0.520. The van der Waals surface area contributed by atoms with Crippen molar-refractivity contribution in [2.45, 2.75) is 25.6 Å². The summed E-state index contributed by atoms with van der Waals surface area (Å²) in [5, 5.41) is 3.25. The third kappa shape index (κ3) is 2.59. The lowest BCUT2D eigenvalue weighted by Gasteiger charge is -2.22. The standard InChI is InChI=1S/C13H15F2N3O/c14-9-1-2-10-13(12(9)15)18-11(17-10)7-19-8-3-5-16-6-4-8/h1-2,8,16H,3-7H2,(H,17,18). The quantitative estimate of drug-likeness (QED) is 0.895. The summed E-state index contributed by atoms with van der Waals surface area (Å²) in [6, 6.07) is 2.57. The number of aromatic nitrogens is 2. The Morgan fingerprint density at radius 3 is 2.84 bits per heavy atom. The van der Waals surface area contributed by atoms with E-state index in [0.717, 1.165) is 32.0 Å². The number of ether oxygens (including phenoxy) is 1. The van der Waals surface area contributed by atoms with Crippen molar-refractivity contribution < 1.29 is 13.5 Å². The van der Waals surface area contributed by atoms with Crippen LogP contribution in [-0.2, 0) is 11.3 Å². The summed E-state index contributed by atoms with van der Waals surface area (Å²) in [6.45, 7) is 2.19. The van der Waals surface area contributed by atoms with Gasteiger partial charge in [-0.1, -0.05) is 0 Å². The van der Waals surface area contributed by atoms with Crippen LogP contribution in [0.2, 0.25) is 0 Å². The zero-order valence-corrected chi connectivity index (χ0v) is 10.4. The van der Waals surface area contributed by atoms with Crippen LogP contribution in [0.5, 0.6) is 0 Å². The van der Waals surface area contributed by atoms with Crippen molar-refractivity contribution in [3.8, 4) is 0 Å². The number of piperidine rings is 1. The zero-order valence-electron chi connectivity index (χ0n) is 10.4. The minimum atomic E-state index is -0.915. The average Bonchev–Trinajstić information content (AvgIpc) is 2.86. The number of hydrogen-bond acceptors (Lipinski definition) is 3. The van der Waals surface area contributed by atoms with Crippen molar-refractivity contribution >= 4 is 11.0 Å².